The lowest BCUT2D eigenvalue weighted by Crippen LogP contribution is -2.39. The maximum absolute atomic E-state index is 14.2. The Labute approximate surface area is 181 Å². The van der Waals surface area contributed by atoms with Crippen LogP contribution in [0.5, 0.6) is 0 Å². The third-order valence-electron chi connectivity index (χ3n) is 5.65. The molecule has 0 spiro atoms. The van der Waals surface area contributed by atoms with E-state index in [4.69, 9.17) is 0 Å². The van der Waals surface area contributed by atoms with Crippen molar-refractivity contribution in [3.63, 3.8) is 0 Å². The Bertz CT molecular complexity index is 1180. The van der Waals surface area contributed by atoms with Crippen LogP contribution in [0.15, 0.2) is 65.7 Å². The SMILES string of the molecule is Cc1ccc(F)c(S(=O)(=O)N2CCC[C@@H](c3ccc(Cc4cccc(F)c4)cn3)C2)c1. The van der Waals surface area contributed by atoms with Crippen molar-refractivity contribution in [1.82, 2.24) is 9.29 Å². The van der Waals surface area contributed by atoms with Gasteiger partial charge in [0.25, 0.3) is 0 Å². The van der Waals surface area contributed by atoms with Gasteiger partial charge in [-0.25, -0.2) is 17.2 Å². The first kappa shape index (κ1) is 21.6. The molecule has 31 heavy (non-hydrogen) atoms. The Morgan fingerprint density at radius 1 is 1.06 bits per heavy atom. The Hall–Kier alpha value is -2.64. The largest absolute Gasteiger partial charge is 0.261 e. The topological polar surface area (TPSA) is 50.3 Å². The maximum atomic E-state index is 14.2. The van der Waals surface area contributed by atoms with E-state index in [2.05, 4.69) is 4.98 Å². The first-order valence-corrected chi connectivity index (χ1v) is 11.7. The predicted molar refractivity (Wildman–Crippen MR) is 115 cm³/mol. The van der Waals surface area contributed by atoms with Gasteiger partial charge in [-0.1, -0.05) is 24.3 Å². The summed E-state index contributed by atoms with van der Waals surface area (Å²) in [4.78, 5) is 4.28. The molecule has 0 N–H and O–H groups in total. The van der Waals surface area contributed by atoms with Crippen molar-refractivity contribution >= 4 is 10.0 Å². The zero-order chi connectivity index (χ0) is 22.0. The van der Waals surface area contributed by atoms with Crippen molar-refractivity contribution in [2.45, 2.75) is 37.0 Å². The van der Waals surface area contributed by atoms with E-state index >= 15 is 0 Å². The van der Waals surface area contributed by atoms with Crippen molar-refractivity contribution in [2.24, 2.45) is 0 Å². The molecule has 1 aliphatic rings. The van der Waals surface area contributed by atoms with E-state index in [-0.39, 0.29) is 23.2 Å². The van der Waals surface area contributed by atoms with Crippen LogP contribution in [0.25, 0.3) is 0 Å². The van der Waals surface area contributed by atoms with Crippen LogP contribution >= 0.6 is 0 Å². The summed E-state index contributed by atoms with van der Waals surface area (Å²) in [7, 11) is -3.91. The summed E-state index contributed by atoms with van der Waals surface area (Å²) in [5.41, 5.74) is 3.33. The molecule has 4 rings (SSSR count). The van der Waals surface area contributed by atoms with Gasteiger partial charge in [0.1, 0.15) is 16.5 Å². The summed E-state index contributed by atoms with van der Waals surface area (Å²) in [6.45, 7) is 2.38. The number of aryl methyl sites for hydroxylation is 1. The molecule has 1 aromatic heterocycles. The molecule has 3 aromatic rings. The Kier molecular flexibility index (Phi) is 6.16. The number of hydrogen-bond donors (Lipinski definition) is 0. The van der Waals surface area contributed by atoms with Gasteiger partial charge in [-0.05, 0) is 73.2 Å². The predicted octanol–water partition coefficient (Wildman–Crippen LogP) is 4.83. The first-order chi connectivity index (χ1) is 14.8. The lowest BCUT2D eigenvalue weighted by molar-refractivity contribution is 0.311. The molecule has 0 radical (unpaired) electrons. The van der Waals surface area contributed by atoms with Crippen LogP contribution in [0.2, 0.25) is 0 Å². The minimum atomic E-state index is -3.91. The molecule has 1 atom stereocenters. The standard InChI is InChI=1S/C24H24F2N2O2S/c1-17-7-9-22(26)24(12-17)31(29,30)28-11-3-5-20(16-28)23-10-8-19(15-27-23)13-18-4-2-6-21(25)14-18/h2,4,6-10,12,14-15,20H,3,5,11,13,16H2,1H3/t20-/m1/s1. The molecule has 1 fully saturated rings. The van der Waals surface area contributed by atoms with Crippen molar-refractivity contribution in [3.8, 4) is 0 Å². The number of pyridine rings is 1. The summed E-state index contributed by atoms with van der Waals surface area (Å²) in [5.74, 6) is -1.05. The molecule has 2 heterocycles. The van der Waals surface area contributed by atoms with Crippen LogP contribution < -0.4 is 0 Å². The Morgan fingerprint density at radius 2 is 1.90 bits per heavy atom. The molecule has 0 amide bonds. The van der Waals surface area contributed by atoms with Crippen molar-refractivity contribution < 1.29 is 17.2 Å². The average molecular weight is 443 g/mol. The van der Waals surface area contributed by atoms with Gasteiger partial charge < -0.3 is 0 Å². The van der Waals surface area contributed by atoms with Crippen LogP contribution in [-0.4, -0.2) is 30.8 Å². The molecule has 2 aromatic carbocycles. The van der Waals surface area contributed by atoms with E-state index in [9.17, 15) is 17.2 Å². The van der Waals surface area contributed by atoms with E-state index in [0.29, 0.717) is 24.9 Å². The van der Waals surface area contributed by atoms with E-state index in [1.165, 1.54) is 28.6 Å². The number of sulfonamides is 1. The summed E-state index contributed by atoms with van der Waals surface area (Å²) >= 11 is 0. The maximum Gasteiger partial charge on any atom is 0.246 e. The van der Waals surface area contributed by atoms with E-state index in [1.807, 2.05) is 18.2 Å². The number of hydrogen-bond acceptors (Lipinski definition) is 3. The van der Waals surface area contributed by atoms with Gasteiger partial charge in [0.05, 0.1) is 0 Å². The lowest BCUT2D eigenvalue weighted by Gasteiger charge is -2.31. The summed E-state index contributed by atoms with van der Waals surface area (Å²) in [6, 6.07) is 14.5. The number of rotatable bonds is 5. The van der Waals surface area contributed by atoms with Gasteiger partial charge in [-0.15, -0.1) is 0 Å². The highest BCUT2D eigenvalue weighted by Crippen LogP contribution is 2.30. The number of nitrogens with zero attached hydrogens (tertiary/aromatic N) is 2. The van der Waals surface area contributed by atoms with Crippen LogP contribution in [0, 0.1) is 18.6 Å². The number of benzene rings is 2. The van der Waals surface area contributed by atoms with E-state index in [1.54, 1.807) is 25.3 Å². The molecule has 1 saturated heterocycles. The van der Waals surface area contributed by atoms with Gasteiger partial charge in [0.2, 0.25) is 10.0 Å². The first-order valence-electron chi connectivity index (χ1n) is 10.3. The van der Waals surface area contributed by atoms with E-state index < -0.39 is 15.8 Å². The summed E-state index contributed by atoms with van der Waals surface area (Å²) < 4.78 is 55.1. The molecule has 0 saturated carbocycles. The fourth-order valence-electron chi connectivity index (χ4n) is 4.01. The quantitative estimate of drug-likeness (QED) is 0.569. The zero-order valence-corrected chi connectivity index (χ0v) is 18.1. The Morgan fingerprint density at radius 3 is 2.65 bits per heavy atom. The fraction of sp³-hybridized carbons (Fsp3) is 0.292. The molecular weight excluding hydrogens is 418 g/mol. The molecule has 0 unspecified atom stereocenters. The Balaban J connectivity index is 1.50. The monoisotopic (exact) mass is 442 g/mol. The number of aromatic nitrogens is 1. The second-order valence-corrected chi connectivity index (χ2v) is 9.94. The third kappa shape index (κ3) is 4.83. The molecule has 1 aliphatic heterocycles. The van der Waals surface area contributed by atoms with E-state index in [0.717, 1.165) is 23.2 Å². The minimum absolute atomic E-state index is 0.0559. The van der Waals surface area contributed by atoms with Gasteiger partial charge >= 0.3 is 0 Å². The third-order valence-corrected chi connectivity index (χ3v) is 7.53. The van der Waals surface area contributed by atoms with Gasteiger partial charge in [0.15, 0.2) is 0 Å². The molecule has 4 nitrogen and oxygen atoms in total. The smallest absolute Gasteiger partial charge is 0.246 e. The zero-order valence-electron chi connectivity index (χ0n) is 17.3. The second-order valence-electron chi connectivity index (χ2n) is 8.03. The molecule has 0 bridgehead atoms. The normalized spacial score (nSPS) is 17.6. The van der Waals surface area contributed by atoms with Crippen LogP contribution in [0.3, 0.4) is 0 Å². The lowest BCUT2D eigenvalue weighted by atomic mass is 9.95. The highest BCUT2D eigenvalue weighted by molar-refractivity contribution is 7.89. The van der Waals surface area contributed by atoms with Crippen LogP contribution in [0.4, 0.5) is 8.78 Å². The average Bonchev–Trinajstić information content (AvgIpc) is 2.76. The van der Waals surface area contributed by atoms with Crippen molar-refractivity contribution in [2.75, 3.05) is 13.1 Å². The fourth-order valence-corrected chi connectivity index (χ4v) is 5.69. The minimum Gasteiger partial charge on any atom is -0.261 e. The van der Waals surface area contributed by atoms with Crippen molar-refractivity contribution in [1.29, 1.82) is 0 Å². The highest BCUT2D eigenvalue weighted by Gasteiger charge is 2.33. The second kappa shape index (κ2) is 8.85. The van der Waals surface area contributed by atoms with Gasteiger partial charge in [0, 0.05) is 30.9 Å². The summed E-state index contributed by atoms with van der Waals surface area (Å²) in [6.07, 6.45) is 3.83. The highest BCUT2D eigenvalue weighted by atomic mass is 32.2. The van der Waals surface area contributed by atoms with Crippen molar-refractivity contribution in [3.05, 3.63) is 94.8 Å². The molecule has 7 heteroatoms. The molecular formula is C24H24F2N2O2S. The van der Waals surface area contributed by atoms with Gasteiger partial charge in [-0.3, -0.25) is 4.98 Å². The molecule has 0 aliphatic carbocycles. The molecule has 162 valence electrons. The number of piperidine rings is 1. The summed E-state index contributed by atoms with van der Waals surface area (Å²) in [5, 5.41) is 0. The van der Waals surface area contributed by atoms with Gasteiger partial charge in [-0.2, -0.15) is 4.31 Å². The van der Waals surface area contributed by atoms with Crippen LogP contribution in [-0.2, 0) is 16.4 Å². The van der Waals surface area contributed by atoms with Crippen LogP contribution in [0.1, 0.15) is 41.1 Å². The number of halogens is 2.